The van der Waals surface area contributed by atoms with E-state index in [0.717, 1.165) is 19.3 Å². The van der Waals surface area contributed by atoms with Crippen LogP contribution < -0.4 is 0 Å². The van der Waals surface area contributed by atoms with Crippen LogP contribution in [0.4, 0.5) is 4.39 Å². The molecule has 0 aliphatic heterocycles. The van der Waals surface area contributed by atoms with E-state index in [1.807, 2.05) is 6.07 Å². The number of benzene rings is 2. The Hall–Kier alpha value is -1.63. The molecule has 0 nitrogen and oxygen atoms in total. The summed E-state index contributed by atoms with van der Waals surface area (Å²) < 4.78 is 13.4. The molecule has 24 heavy (non-hydrogen) atoms. The average Bonchev–Trinajstić information content (AvgIpc) is 2.61. The van der Waals surface area contributed by atoms with Crippen LogP contribution in [0.3, 0.4) is 0 Å². The van der Waals surface area contributed by atoms with Crippen LogP contribution in [0.2, 0.25) is 0 Å². The Morgan fingerprint density at radius 3 is 2.42 bits per heavy atom. The first-order chi connectivity index (χ1) is 11.7. The van der Waals surface area contributed by atoms with Crippen LogP contribution in [0.1, 0.15) is 61.3 Å². The minimum absolute atomic E-state index is 0.0898. The van der Waals surface area contributed by atoms with Gasteiger partial charge in [0.25, 0.3) is 0 Å². The molecule has 1 atom stereocenters. The fraction of sp³-hybridized carbons (Fsp3) is 0.478. The predicted octanol–water partition coefficient (Wildman–Crippen LogP) is 6.30. The molecule has 0 saturated carbocycles. The largest absolute Gasteiger partial charge is 0.207 e. The summed E-state index contributed by atoms with van der Waals surface area (Å²) in [6.07, 6.45) is 10.9. The van der Waals surface area contributed by atoms with E-state index in [2.05, 4.69) is 31.2 Å². The number of fused-ring (bicyclic) bond motifs is 1. The van der Waals surface area contributed by atoms with Gasteiger partial charge in [-0.3, -0.25) is 0 Å². The molecule has 0 aromatic heterocycles. The molecule has 0 spiro atoms. The topological polar surface area (TPSA) is 0 Å². The van der Waals surface area contributed by atoms with Gasteiger partial charge in [0.05, 0.1) is 0 Å². The lowest BCUT2D eigenvalue weighted by molar-refractivity contribution is 0.425. The van der Waals surface area contributed by atoms with E-state index in [-0.39, 0.29) is 5.82 Å². The van der Waals surface area contributed by atoms with Crippen molar-refractivity contribution in [2.24, 2.45) is 5.92 Å². The van der Waals surface area contributed by atoms with Crippen LogP contribution >= 0.6 is 0 Å². The maximum Gasteiger partial charge on any atom is 0.123 e. The Bertz CT molecular complexity index is 642. The Balaban J connectivity index is 1.49. The van der Waals surface area contributed by atoms with Crippen LogP contribution in [0.15, 0.2) is 42.5 Å². The maximum atomic E-state index is 13.4. The van der Waals surface area contributed by atoms with Gasteiger partial charge in [0.15, 0.2) is 0 Å². The Labute approximate surface area is 146 Å². The van der Waals surface area contributed by atoms with Crippen LogP contribution in [0, 0.1) is 11.7 Å². The summed E-state index contributed by atoms with van der Waals surface area (Å²) in [6.45, 7) is 2.25. The van der Waals surface area contributed by atoms with Crippen molar-refractivity contribution in [2.45, 2.75) is 64.7 Å². The highest BCUT2D eigenvalue weighted by Gasteiger charge is 2.18. The summed E-state index contributed by atoms with van der Waals surface area (Å²) in [7, 11) is 0. The molecule has 0 N–H and O–H groups in total. The van der Waals surface area contributed by atoms with Crippen molar-refractivity contribution in [3.05, 3.63) is 70.5 Å². The molecule has 3 rings (SSSR count). The molecule has 1 aliphatic rings. The third-order valence-electron chi connectivity index (χ3n) is 5.43. The zero-order chi connectivity index (χ0) is 16.8. The fourth-order valence-corrected chi connectivity index (χ4v) is 3.87. The minimum atomic E-state index is -0.0898. The van der Waals surface area contributed by atoms with Crippen molar-refractivity contribution < 1.29 is 4.39 Å². The molecule has 0 fully saturated rings. The number of hydrogen-bond donors (Lipinski definition) is 0. The fourth-order valence-electron chi connectivity index (χ4n) is 3.87. The van der Waals surface area contributed by atoms with Gasteiger partial charge in [-0.2, -0.15) is 0 Å². The number of aryl methyl sites for hydroxylation is 3. The van der Waals surface area contributed by atoms with Gasteiger partial charge in [-0.15, -0.1) is 0 Å². The number of halogens is 1. The van der Waals surface area contributed by atoms with Gasteiger partial charge in [0.1, 0.15) is 5.82 Å². The summed E-state index contributed by atoms with van der Waals surface area (Å²) >= 11 is 0. The first kappa shape index (κ1) is 17.2. The lowest BCUT2D eigenvalue weighted by Crippen LogP contribution is -2.15. The van der Waals surface area contributed by atoms with Crippen LogP contribution in [-0.4, -0.2) is 0 Å². The molecule has 128 valence electrons. The Morgan fingerprint density at radius 2 is 1.67 bits per heavy atom. The van der Waals surface area contributed by atoms with E-state index in [1.54, 1.807) is 12.1 Å². The smallest absolute Gasteiger partial charge is 0.123 e. The quantitative estimate of drug-likeness (QED) is 0.525. The molecule has 0 heterocycles. The van der Waals surface area contributed by atoms with Gasteiger partial charge in [-0.1, -0.05) is 50.1 Å². The van der Waals surface area contributed by atoms with Gasteiger partial charge in [0, 0.05) is 0 Å². The molecule has 0 amide bonds. The highest BCUT2D eigenvalue weighted by atomic mass is 19.1. The van der Waals surface area contributed by atoms with Crippen LogP contribution in [0.5, 0.6) is 0 Å². The first-order valence-electron chi connectivity index (χ1n) is 9.59. The van der Waals surface area contributed by atoms with E-state index < -0.39 is 0 Å². The van der Waals surface area contributed by atoms with Crippen molar-refractivity contribution >= 4 is 0 Å². The SMILES string of the molecule is CCCCCc1ccc(CCC2CCc3ccc(F)cc3C2)cc1. The van der Waals surface area contributed by atoms with Crippen LogP contribution in [-0.2, 0) is 25.7 Å². The lowest BCUT2D eigenvalue weighted by Gasteiger charge is -2.24. The Kier molecular flexibility index (Phi) is 6.07. The van der Waals surface area contributed by atoms with Gasteiger partial charge < -0.3 is 0 Å². The molecular formula is C23H29F. The standard InChI is InChI=1S/C23H29F/c1-2-3-4-5-18-6-8-19(9-7-18)10-11-20-12-13-21-14-15-23(24)17-22(21)16-20/h6-9,14-15,17,20H,2-5,10-13,16H2,1H3. The van der Waals surface area contributed by atoms with Crippen molar-refractivity contribution in [3.63, 3.8) is 0 Å². The van der Waals surface area contributed by atoms with Gasteiger partial charge in [-0.05, 0) is 85.3 Å². The average molecular weight is 324 g/mol. The molecule has 2 aromatic rings. The second kappa shape index (κ2) is 8.46. The zero-order valence-electron chi connectivity index (χ0n) is 14.9. The minimum Gasteiger partial charge on any atom is -0.207 e. The van der Waals surface area contributed by atoms with E-state index in [9.17, 15) is 4.39 Å². The highest BCUT2D eigenvalue weighted by Crippen LogP contribution is 2.29. The monoisotopic (exact) mass is 324 g/mol. The molecule has 2 aromatic carbocycles. The molecule has 0 bridgehead atoms. The van der Waals surface area contributed by atoms with Crippen molar-refractivity contribution in [2.75, 3.05) is 0 Å². The molecule has 1 heteroatoms. The van der Waals surface area contributed by atoms with E-state index in [1.165, 1.54) is 60.8 Å². The second-order valence-electron chi connectivity index (χ2n) is 7.33. The maximum absolute atomic E-state index is 13.4. The van der Waals surface area contributed by atoms with E-state index >= 15 is 0 Å². The van der Waals surface area contributed by atoms with Crippen molar-refractivity contribution in [3.8, 4) is 0 Å². The van der Waals surface area contributed by atoms with Crippen molar-refractivity contribution in [1.29, 1.82) is 0 Å². The summed E-state index contributed by atoms with van der Waals surface area (Å²) in [6, 6.07) is 14.5. The van der Waals surface area contributed by atoms with Gasteiger partial charge in [0.2, 0.25) is 0 Å². The Morgan fingerprint density at radius 1 is 0.917 bits per heavy atom. The van der Waals surface area contributed by atoms with Gasteiger partial charge in [-0.25, -0.2) is 4.39 Å². The number of rotatable bonds is 7. The third kappa shape index (κ3) is 4.69. The highest BCUT2D eigenvalue weighted by molar-refractivity contribution is 5.30. The van der Waals surface area contributed by atoms with E-state index in [0.29, 0.717) is 5.92 Å². The van der Waals surface area contributed by atoms with Crippen molar-refractivity contribution in [1.82, 2.24) is 0 Å². The normalized spacial score (nSPS) is 16.8. The third-order valence-corrected chi connectivity index (χ3v) is 5.43. The first-order valence-corrected chi connectivity index (χ1v) is 9.59. The van der Waals surface area contributed by atoms with E-state index in [4.69, 9.17) is 0 Å². The molecule has 0 saturated heterocycles. The van der Waals surface area contributed by atoms with Crippen LogP contribution in [0.25, 0.3) is 0 Å². The second-order valence-corrected chi connectivity index (χ2v) is 7.33. The summed E-state index contributed by atoms with van der Waals surface area (Å²) in [5, 5.41) is 0. The molecule has 1 unspecified atom stereocenters. The molecule has 0 radical (unpaired) electrons. The summed E-state index contributed by atoms with van der Waals surface area (Å²) in [4.78, 5) is 0. The number of unbranched alkanes of at least 4 members (excludes halogenated alkanes) is 2. The number of hydrogen-bond acceptors (Lipinski definition) is 0. The molecular weight excluding hydrogens is 295 g/mol. The zero-order valence-corrected chi connectivity index (χ0v) is 14.9. The lowest BCUT2D eigenvalue weighted by atomic mass is 9.81. The van der Waals surface area contributed by atoms with Gasteiger partial charge >= 0.3 is 0 Å². The summed E-state index contributed by atoms with van der Waals surface area (Å²) in [5.41, 5.74) is 5.50. The predicted molar refractivity (Wildman–Crippen MR) is 99.9 cm³/mol. The summed E-state index contributed by atoms with van der Waals surface area (Å²) in [5.74, 6) is 0.608. The molecule has 1 aliphatic carbocycles.